The van der Waals surface area contributed by atoms with E-state index in [9.17, 15) is 0 Å². The average molecular weight is 322 g/mol. The van der Waals surface area contributed by atoms with Crippen LogP contribution in [0.1, 0.15) is 22.9 Å². The molecule has 0 saturated heterocycles. The summed E-state index contributed by atoms with van der Waals surface area (Å²) in [6.45, 7) is 2.04. The average Bonchev–Trinajstić information content (AvgIpc) is 2.95. The lowest BCUT2D eigenvalue weighted by Crippen LogP contribution is -2.09. The van der Waals surface area contributed by atoms with Gasteiger partial charge >= 0.3 is 0 Å². The summed E-state index contributed by atoms with van der Waals surface area (Å²) in [4.78, 5) is 0. The highest BCUT2D eigenvalue weighted by Crippen LogP contribution is 2.31. The van der Waals surface area contributed by atoms with Crippen molar-refractivity contribution < 1.29 is 4.42 Å². The minimum Gasteiger partial charge on any atom is -0.459 e. The lowest BCUT2D eigenvalue weighted by molar-refractivity contribution is 0.524. The van der Waals surface area contributed by atoms with Crippen LogP contribution in [0.5, 0.6) is 0 Å². The third kappa shape index (κ3) is 2.00. The molecule has 0 fully saturated rings. The Bertz CT molecular complexity index is 701. The molecule has 1 aromatic carbocycles. The quantitative estimate of drug-likeness (QED) is 0.748. The van der Waals surface area contributed by atoms with Crippen LogP contribution in [0.25, 0.3) is 11.0 Å². The Morgan fingerprint density at radius 2 is 2.17 bits per heavy atom. The summed E-state index contributed by atoms with van der Waals surface area (Å²) in [7, 11) is 0. The molecule has 0 aliphatic heterocycles. The van der Waals surface area contributed by atoms with Gasteiger partial charge in [0.2, 0.25) is 0 Å². The van der Waals surface area contributed by atoms with E-state index in [-0.39, 0.29) is 6.04 Å². The maximum atomic E-state index is 6.24. The Kier molecular flexibility index (Phi) is 3.01. The fourth-order valence-corrected chi connectivity index (χ4v) is 3.24. The van der Waals surface area contributed by atoms with Crippen molar-refractivity contribution in [3.63, 3.8) is 0 Å². The molecule has 2 N–H and O–H groups in total. The summed E-state index contributed by atoms with van der Waals surface area (Å²) in [6.07, 6.45) is 0. The number of halogens is 1. The maximum absolute atomic E-state index is 6.24. The zero-order chi connectivity index (χ0) is 12.7. The van der Waals surface area contributed by atoms with Crippen molar-refractivity contribution in [1.29, 1.82) is 0 Å². The number of hydrogen-bond donors (Lipinski definition) is 1. The SMILES string of the molecule is Cc1cccc2cc(C(N)c3csc(Br)c3)oc12. The Balaban J connectivity index is 2.06. The summed E-state index contributed by atoms with van der Waals surface area (Å²) in [5.74, 6) is 0.810. The Morgan fingerprint density at radius 3 is 2.83 bits per heavy atom. The van der Waals surface area contributed by atoms with Crippen LogP contribution in [0.4, 0.5) is 0 Å². The number of nitrogens with two attached hydrogens (primary N) is 1. The Hall–Kier alpha value is -1.10. The highest BCUT2D eigenvalue weighted by molar-refractivity contribution is 9.11. The van der Waals surface area contributed by atoms with E-state index in [2.05, 4.69) is 21.3 Å². The summed E-state index contributed by atoms with van der Waals surface area (Å²) in [6, 6.07) is 9.98. The molecule has 0 aliphatic carbocycles. The van der Waals surface area contributed by atoms with Crippen LogP contribution in [0, 0.1) is 6.92 Å². The first-order chi connectivity index (χ1) is 8.65. The Labute approximate surface area is 118 Å². The summed E-state index contributed by atoms with van der Waals surface area (Å²) < 4.78 is 6.97. The minimum absolute atomic E-state index is 0.209. The molecule has 2 nitrogen and oxygen atoms in total. The number of fused-ring (bicyclic) bond motifs is 1. The van der Waals surface area contributed by atoms with Crippen LogP contribution in [0.2, 0.25) is 0 Å². The molecule has 0 amide bonds. The van der Waals surface area contributed by atoms with E-state index in [1.165, 1.54) is 0 Å². The van der Waals surface area contributed by atoms with Crippen LogP contribution in [0.3, 0.4) is 0 Å². The van der Waals surface area contributed by atoms with Gasteiger partial charge in [-0.05, 0) is 51.5 Å². The number of aryl methyl sites for hydroxylation is 1. The fraction of sp³-hybridized carbons (Fsp3) is 0.143. The molecular formula is C14H12BrNOS. The molecular weight excluding hydrogens is 310 g/mol. The predicted molar refractivity (Wildman–Crippen MR) is 79.0 cm³/mol. The lowest BCUT2D eigenvalue weighted by Gasteiger charge is -2.05. The molecule has 4 heteroatoms. The van der Waals surface area contributed by atoms with Crippen molar-refractivity contribution in [1.82, 2.24) is 0 Å². The summed E-state index contributed by atoms with van der Waals surface area (Å²) in [5.41, 5.74) is 9.37. The standard InChI is InChI=1S/C14H12BrNOS/c1-8-3-2-4-9-5-11(17-14(8)9)13(16)10-6-12(15)18-7-10/h2-7,13H,16H2,1H3. The van der Waals surface area contributed by atoms with Gasteiger partial charge in [-0.3, -0.25) is 0 Å². The molecule has 0 radical (unpaired) electrons. The first-order valence-electron chi connectivity index (χ1n) is 5.64. The first-order valence-corrected chi connectivity index (χ1v) is 7.31. The fourth-order valence-electron chi connectivity index (χ4n) is 2.03. The van der Waals surface area contributed by atoms with Gasteiger partial charge in [-0.2, -0.15) is 0 Å². The van der Waals surface area contributed by atoms with Crippen molar-refractivity contribution in [2.45, 2.75) is 13.0 Å². The van der Waals surface area contributed by atoms with Crippen molar-refractivity contribution in [3.05, 3.63) is 56.4 Å². The molecule has 3 aromatic rings. The van der Waals surface area contributed by atoms with Crippen molar-refractivity contribution in [2.24, 2.45) is 5.73 Å². The summed E-state index contributed by atoms with van der Waals surface area (Å²) in [5, 5.41) is 3.16. The van der Waals surface area contributed by atoms with Gasteiger partial charge in [0.15, 0.2) is 0 Å². The normalized spacial score (nSPS) is 13.1. The number of thiophene rings is 1. The molecule has 1 unspecified atom stereocenters. The molecule has 0 bridgehead atoms. The highest BCUT2D eigenvalue weighted by Gasteiger charge is 2.16. The van der Waals surface area contributed by atoms with Gasteiger partial charge in [0.05, 0.1) is 9.83 Å². The van der Waals surface area contributed by atoms with E-state index < -0.39 is 0 Å². The van der Waals surface area contributed by atoms with Gasteiger partial charge in [-0.1, -0.05) is 18.2 Å². The van der Waals surface area contributed by atoms with E-state index in [1.807, 2.05) is 37.3 Å². The molecule has 2 heterocycles. The second kappa shape index (κ2) is 4.53. The smallest absolute Gasteiger partial charge is 0.137 e. The second-order valence-electron chi connectivity index (χ2n) is 4.30. The zero-order valence-corrected chi connectivity index (χ0v) is 12.2. The van der Waals surface area contributed by atoms with E-state index in [4.69, 9.17) is 10.2 Å². The van der Waals surface area contributed by atoms with Crippen LogP contribution >= 0.6 is 27.3 Å². The molecule has 0 aliphatic rings. The van der Waals surface area contributed by atoms with E-state index in [0.717, 1.165) is 31.6 Å². The van der Waals surface area contributed by atoms with Gasteiger partial charge < -0.3 is 10.2 Å². The molecule has 2 aromatic heterocycles. The van der Waals surface area contributed by atoms with Crippen molar-refractivity contribution >= 4 is 38.2 Å². The van der Waals surface area contributed by atoms with E-state index >= 15 is 0 Å². The third-order valence-electron chi connectivity index (χ3n) is 3.01. The number of para-hydroxylation sites is 1. The zero-order valence-electron chi connectivity index (χ0n) is 9.81. The molecule has 18 heavy (non-hydrogen) atoms. The number of hydrogen-bond acceptors (Lipinski definition) is 3. The topological polar surface area (TPSA) is 39.2 Å². The molecule has 0 spiro atoms. The first kappa shape index (κ1) is 12.0. The van der Waals surface area contributed by atoms with Gasteiger partial charge in [-0.25, -0.2) is 0 Å². The third-order valence-corrected chi connectivity index (χ3v) is 4.54. The van der Waals surface area contributed by atoms with Crippen molar-refractivity contribution in [3.8, 4) is 0 Å². The maximum Gasteiger partial charge on any atom is 0.137 e. The second-order valence-corrected chi connectivity index (χ2v) is 6.59. The number of rotatable bonds is 2. The minimum atomic E-state index is -0.209. The van der Waals surface area contributed by atoms with Crippen LogP contribution < -0.4 is 5.73 Å². The number of furan rings is 1. The van der Waals surface area contributed by atoms with Crippen LogP contribution in [0.15, 0.2) is 43.9 Å². The largest absolute Gasteiger partial charge is 0.459 e. The molecule has 92 valence electrons. The van der Waals surface area contributed by atoms with Gasteiger partial charge in [0.25, 0.3) is 0 Å². The Morgan fingerprint density at radius 1 is 1.33 bits per heavy atom. The van der Waals surface area contributed by atoms with Gasteiger partial charge in [0, 0.05) is 5.39 Å². The summed E-state index contributed by atoms with van der Waals surface area (Å²) >= 11 is 5.08. The van der Waals surface area contributed by atoms with Crippen LogP contribution in [-0.2, 0) is 0 Å². The molecule has 0 saturated carbocycles. The van der Waals surface area contributed by atoms with Crippen LogP contribution in [-0.4, -0.2) is 0 Å². The monoisotopic (exact) mass is 321 g/mol. The number of benzene rings is 1. The van der Waals surface area contributed by atoms with E-state index in [1.54, 1.807) is 11.3 Å². The molecule has 1 atom stereocenters. The van der Waals surface area contributed by atoms with Crippen molar-refractivity contribution in [2.75, 3.05) is 0 Å². The van der Waals surface area contributed by atoms with Gasteiger partial charge in [-0.15, -0.1) is 11.3 Å². The lowest BCUT2D eigenvalue weighted by atomic mass is 10.1. The van der Waals surface area contributed by atoms with E-state index in [0.29, 0.717) is 0 Å². The van der Waals surface area contributed by atoms with Gasteiger partial charge in [0.1, 0.15) is 11.3 Å². The highest BCUT2D eigenvalue weighted by atomic mass is 79.9. The molecule has 3 rings (SSSR count). The predicted octanol–water partition coefficient (Wildman–Crippen LogP) is 4.61.